The van der Waals surface area contributed by atoms with E-state index in [1.165, 1.54) is 12.1 Å². The second kappa shape index (κ2) is 5.76. The first kappa shape index (κ1) is 15.1. The highest BCUT2D eigenvalue weighted by Gasteiger charge is 2.30. The van der Waals surface area contributed by atoms with E-state index in [4.69, 9.17) is 5.73 Å². The van der Waals surface area contributed by atoms with E-state index in [0.717, 1.165) is 54.2 Å². The van der Waals surface area contributed by atoms with Crippen molar-refractivity contribution >= 4 is 0 Å². The number of aromatic amines is 1. The topological polar surface area (TPSA) is 54.7 Å². The van der Waals surface area contributed by atoms with Gasteiger partial charge in [-0.05, 0) is 49.4 Å². The van der Waals surface area contributed by atoms with E-state index in [2.05, 4.69) is 9.97 Å². The average Bonchev–Trinajstić information content (AvgIpc) is 2.88. The molecule has 1 aromatic carbocycles. The summed E-state index contributed by atoms with van der Waals surface area (Å²) >= 11 is 0. The van der Waals surface area contributed by atoms with Crippen molar-refractivity contribution in [1.82, 2.24) is 9.97 Å². The Morgan fingerprint density at radius 1 is 1.23 bits per heavy atom. The molecule has 2 aromatic rings. The fraction of sp³-hybridized carbons (Fsp3) is 0.438. The minimum atomic E-state index is -4.29. The van der Waals surface area contributed by atoms with Crippen molar-refractivity contribution in [2.24, 2.45) is 11.7 Å². The predicted octanol–water partition coefficient (Wildman–Crippen LogP) is 3.08. The van der Waals surface area contributed by atoms with Crippen LogP contribution in [-0.4, -0.2) is 16.5 Å². The van der Waals surface area contributed by atoms with E-state index in [1.54, 1.807) is 0 Å². The number of aromatic nitrogens is 2. The molecule has 22 heavy (non-hydrogen) atoms. The van der Waals surface area contributed by atoms with Gasteiger partial charge < -0.3 is 10.7 Å². The van der Waals surface area contributed by atoms with Gasteiger partial charge in [0, 0.05) is 12.1 Å². The van der Waals surface area contributed by atoms with E-state index in [1.807, 2.05) is 0 Å². The van der Waals surface area contributed by atoms with Gasteiger partial charge in [-0.3, -0.25) is 0 Å². The Morgan fingerprint density at radius 3 is 2.59 bits per heavy atom. The second-order valence-electron chi connectivity index (χ2n) is 5.82. The molecule has 1 atom stereocenters. The summed E-state index contributed by atoms with van der Waals surface area (Å²) in [4.78, 5) is 7.87. The molecule has 118 valence electrons. The highest BCUT2D eigenvalue weighted by atomic mass is 19.4. The molecule has 0 amide bonds. The molecule has 1 aliphatic rings. The summed E-state index contributed by atoms with van der Waals surface area (Å²) in [5, 5.41) is 0. The van der Waals surface area contributed by atoms with Crippen molar-refractivity contribution in [2.75, 3.05) is 6.54 Å². The summed E-state index contributed by atoms with van der Waals surface area (Å²) in [5.74, 6) is 1.30. The number of hydrogen-bond acceptors (Lipinski definition) is 2. The number of H-pyrrole nitrogens is 1. The number of imidazole rings is 1. The van der Waals surface area contributed by atoms with Crippen LogP contribution in [0.15, 0.2) is 24.3 Å². The average molecular weight is 309 g/mol. The largest absolute Gasteiger partial charge is 0.416 e. The molecule has 1 unspecified atom stereocenters. The highest BCUT2D eigenvalue weighted by molar-refractivity contribution is 5.28. The number of fused-ring (bicyclic) bond motifs is 1. The molecule has 6 heteroatoms. The van der Waals surface area contributed by atoms with Crippen molar-refractivity contribution in [3.05, 3.63) is 52.6 Å². The Hall–Kier alpha value is -1.82. The molecule has 3 rings (SSSR count). The number of hydrogen-bond donors (Lipinski definition) is 2. The van der Waals surface area contributed by atoms with Crippen LogP contribution in [0, 0.1) is 5.92 Å². The van der Waals surface area contributed by atoms with Gasteiger partial charge in [0.05, 0.1) is 11.3 Å². The molecule has 1 aliphatic carbocycles. The molecular weight excluding hydrogens is 291 g/mol. The van der Waals surface area contributed by atoms with Gasteiger partial charge in [-0.2, -0.15) is 13.2 Å². The second-order valence-corrected chi connectivity index (χ2v) is 5.82. The summed E-state index contributed by atoms with van der Waals surface area (Å²) in [6, 6.07) is 5.24. The van der Waals surface area contributed by atoms with Crippen LogP contribution in [0.1, 0.15) is 34.8 Å². The molecule has 0 fully saturated rings. The van der Waals surface area contributed by atoms with Crippen LogP contribution >= 0.6 is 0 Å². The van der Waals surface area contributed by atoms with Crippen LogP contribution in [0.25, 0.3) is 0 Å². The highest BCUT2D eigenvalue weighted by Crippen LogP contribution is 2.29. The van der Waals surface area contributed by atoms with E-state index in [0.29, 0.717) is 18.9 Å². The maximum Gasteiger partial charge on any atom is 0.416 e. The zero-order chi connectivity index (χ0) is 15.7. The third-order valence-electron chi connectivity index (χ3n) is 4.18. The van der Waals surface area contributed by atoms with Gasteiger partial charge in [0.25, 0.3) is 0 Å². The van der Waals surface area contributed by atoms with Crippen LogP contribution in [0.5, 0.6) is 0 Å². The van der Waals surface area contributed by atoms with Crippen molar-refractivity contribution in [1.29, 1.82) is 0 Å². The van der Waals surface area contributed by atoms with Crippen LogP contribution in [0.2, 0.25) is 0 Å². The standard InChI is InChI=1S/C16H18F3N3/c17-16(18,19)12-4-1-10(2-5-12)8-15-21-13-6-3-11(9-20)7-14(13)22-15/h1-2,4-5,11H,3,6-9,20H2,(H,21,22). The summed E-state index contributed by atoms with van der Waals surface area (Å²) in [5.41, 5.74) is 8.11. The molecule has 0 saturated heterocycles. The van der Waals surface area contributed by atoms with E-state index < -0.39 is 11.7 Å². The van der Waals surface area contributed by atoms with E-state index in [9.17, 15) is 13.2 Å². The zero-order valence-electron chi connectivity index (χ0n) is 12.1. The number of aryl methyl sites for hydroxylation is 1. The molecule has 0 bridgehead atoms. The number of nitrogens with one attached hydrogen (secondary N) is 1. The van der Waals surface area contributed by atoms with Gasteiger partial charge in [0.2, 0.25) is 0 Å². The van der Waals surface area contributed by atoms with Gasteiger partial charge in [-0.15, -0.1) is 0 Å². The molecule has 0 spiro atoms. The molecule has 3 N–H and O–H groups in total. The van der Waals surface area contributed by atoms with Crippen molar-refractivity contribution in [3.63, 3.8) is 0 Å². The molecule has 1 aromatic heterocycles. The zero-order valence-corrected chi connectivity index (χ0v) is 12.1. The van der Waals surface area contributed by atoms with Crippen LogP contribution in [-0.2, 0) is 25.4 Å². The molecule has 0 radical (unpaired) electrons. The SMILES string of the molecule is NCC1CCc2nc(Cc3ccc(C(F)(F)F)cc3)[nH]c2C1. The Balaban J connectivity index is 1.73. The lowest BCUT2D eigenvalue weighted by atomic mass is 9.90. The van der Waals surface area contributed by atoms with E-state index >= 15 is 0 Å². The Morgan fingerprint density at radius 2 is 1.95 bits per heavy atom. The lowest BCUT2D eigenvalue weighted by Crippen LogP contribution is -2.22. The van der Waals surface area contributed by atoms with Gasteiger partial charge in [0.15, 0.2) is 0 Å². The fourth-order valence-electron chi connectivity index (χ4n) is 2.90. The Bertz CT molecular complexity index is 644. The van der Waals surface area contributed by atoms with Crippen molar-refractivity contribution in [3.8, 4) is 0 Å². The molecule has 0 saturated carbocycles. The molecule has 1 heterocycles. The maximum absolute atomic E-state index is 12.5. The van der Waals surface area contributed by atoms with Gasteiger partial charge in [0.1, 0.15) is 5.82 Å². The van der Waals surface area contributed by atoms with Crippen molar-refractivity contribution in [2.45, 2.75) is 31.9 Å². The van der Waals surface area contributed by atoms with Crippen LogP contribution in [0.3, 0.4) is 0 Å². The third kappa shape index (κ3) is 3.16. The lowest BCUT2D eigenvalue weighted by Gasteiger charge is -2.18. The fourth-order valence-corrected chi connectivity index (χ4v) is 2.90. The summed E-state index contributed by atoms with van der Waals surface area (Å²) in [6.07, 6.45) is -0.904. The maximum atomic E-state index is 12.5. The van der Waals surface area contributed by atoms with Gasteiger partial charge in [-0.25, -0.2) is 4.98 Å². The van der Waals surface area contributed by atoms with Crippen LogP contribution < -0.4 is 5.73 Å². The molecule has 0 aliphatic heterocycles. The summed E-state index contributed by atoms with van der Waals surface area (Å²) in [6.45, 7) is 0.673. The van der Waals surface area contributed by atoms with Crippen molar-refractivity contribution < 1.29 is 13.2 Å². The number of nitrogens with zero attached hydrogens (tertiary/aromatic N) is 1. The third-order valence-corrected chi connectivity index (χ3v) is 4.18. The first-order valence-corrected chi connectivity index (χ1v) is 7.38. The monoisotopic (exact) mass is 309 g/mol. The molecular formula is C16H18F3N3. The number of halogens is 3. The Labute approximate surface area is 126 Å². The quantitative estimate of drug-likeness (QED) is 0.915. The smallest absolute Gasteiger partial charge is 0.345 e. The van der Waals surface area contributed by atoms with Crippen LogP contribution in [0.4, 0.5) is 13.2 Å². The summed E-state index contributed by atoms with van der Waals surface area (Å²) in [7, 11) is 0. The Kier molecular flexibility index (Phi) is 3.95. The number of nitrogens with two attached hydrogens (primary N) is 1. The predicted molar refractivity (Wildman–Crippen MR) is 77.4 cm³/mol. The van der Waals surface area contributed by atoms with E-state index in [-0.39, 0.29) is 0 Å². The number of rotatable bonds is 3. The summed E-state index contributed by atoms with van der Waals surface area (Å²) < 4.78 is 37.6. The normalized spacial score (nSPS) is 18.3. The molecule has 3 nitrogen and oxygen atoms in total. The number of benzene rings is 1. The first-order chi connectivity index (χ1) is 10.5. The lowest BCUT2D eigenvalue weighted by molar-refractivity contribution is -0.137. The first-order valence-electron chi connectivity index (χ1n) is 7.38. The minimum Gasteiger partial charge on any atom is -0.345 e. The van der Waals surface area contributed by atoms with Gasteiger partial charge in [-0.1, -0.05) is 12.1 Å². The van der Waals surface area contributed by atoms with Gasteiger partial charge >= 0.3 is 6.18 Å². The minimum absolute atomic E-state index is 0.492. The number of alkyl halides is 3.